The molecule has 2 heteroatoms. The van der Waals surface area contributed by atoms with Gasteiger partial charge in [0.25, 0.3) is 0 Å². The molecule has 3 fully saturated rings. The second kappa shape index (κ2) is 2.48. The van der Waals surface area contributed by atoms with Crippen LogP contribution in [0.5, 0.6) is 0 Å². The summed E-state index contributed by atoms with van der Waals surface area (Å²) < 4.78 is 5.84. The van der Waals surface area contributed by atoms with Gasteiger partial charge in [-0.2, -0.15) is 0 Å². The maximum atomic E-state index is 5.84. The highest BCUT2D eigenvalue weighted by Gasteiger charge is 2.71. The lowest BCUT2D eigenvalue weighted by Gasteiger charge is -2.62. The molecule has 74 valence electrons. The summed E-state index contributed by atoms with van der Waals surface area (Å²) in [5.74, 6) is 0. The van der Waals surface area contributed by atoms with E-state index in [-0.39, 0.29) is 0 Å². The molecule has 0 aromatic rings. The van der Waals surface area contributed by atoms with E-state index in [9.17, 15) is 0 Å². The van der Waals surface area contributed by atoms with Crippen molar-refractivity contribution in [3.8, 4) is 0 Å². The highest BCUT2D eigenvalue weighted by Crippen LogP contribution is 2.78. The summed E-state index contributed by atoms with van der Waals surface area (Å²) in [6.07, 6.45) is 9.18. The molecular weight excluding hydrogens is 162 g/mol. The minimum absolute atomic E-state index is 0.576. The number of ether oxygens (including phenoxy) is 1. The Morgan fingerprint density at radius 1 is 1.15 bits per heavy atom. The van der Waals surface area contributed by atoms with Crippen LogP contribution < -0.4 is 5.73 Å². The third kappa shape index (κ3) is 0.861. The Kier molecular flexibility index (Phi) is 1.58. The van der Waals surface area contributed by atoms with Gasteiger partial charge in [0.2, 0.25) is 0 Å². The minimum atomic E-state index is 0.576. The van der Waals surface area contributed by atoms with E-state index in [0.29, 0.717) is 18.1 Å². The molecule has 0 bridgehead atoms. The van der Waals surface area contributed by atoms with Crippen molar-refractivity contribution in [2.24, 2.45) is 16.6 Å². The van der Waals surface area contributed by atoms with Crippen LogP contribution in [0.15, 0.2) is 0 Å². The minimum Gasteiger partial charge on any atom is -0.376 e. The van der Waals surface area contributed by atoms with E-state index in [0.717, 1.165) is 12.0 Å². The summed E-state index contributed by atoms with van der Waals surface area (Å²) in [5.41, 5.74) is 6.87. The van der Waals surface area contributed by atoms with Crippen LogP contribution in [-0.4, -0.2) is 19.3 Å². The van der Waals surface area contributed by atoms with Crippen LogP contribution in [0, 0.1) is 10.8 Å². The van der Waals surface area contributed by atoms with Crippen molar-refractivity contribution < 1.29 is 4.74 Å². The molecule has 0 saturated heterocycles. The normalized spacial score (nSPS) is 44.5. The first-order valence-corrected chi connectivity index (χ1v) is 5.65. The highest BCUT2D eigenvalue weighted by atomic mass is 16.5. The molecule has 0 aromatic heterocycles. The Hall–Kier alpha value is -0.0800. The molecule has 0 aromatic carbocycles. The summed E-state index contributed by atoms with van der Waals surface area (Å²) in [5, 5.41) is 0. The zero-order valence-electron chi connectivity index (χ0n) is 8.22. The SMILES string of the molecule is NCCO[C@H]1CC[C@@]12CCC21CC1. The van der Waals surface area contributed by atoms with Crippen molar-refractivity contribution >= 4 is 0 Å². The molecule has 3 aliphatic rings. The average molecular weight is 181 g/mol. The van der Waals surface area contributed by atoms with E-state index in [1.807, 2.05) is 0 Å². The lowest BCUT2D eigenvalue weighted by atomic mass is 9.46. The van der Waals surface area contributed by atoms with E-state index in [1.165, 1.54) is 38.5 Å². The van der Waals surface area contributed by atoms with Gasteiger partial charge in [0.1, 0.15) is 0 Å². The standard InChI is InChI=1S/C11H19NO/c12-7-8-13-9-1-2-11(9)6-5-10(11)3-4-10/h9H,1-8,12H2/t9-,11+/m0/s1. The van der Waals surface area contributed by atoms with E-state index in [2.05, 4.69) is 0 Å². The molecule has 3 rings (SSSR count). The molecule has 13 heavy (non-hydrogen) atoms. The van der Waals surface area contributed by atoms with Crippen molar-refractivity contribution in [3.63, 3.8) is 0 Å². The van der Waals surface area contributed by atoms with Gasteiger partial charge in [-0.05, 0) is 43.9 Å². The van der Waals surface area contributed by atoms with Gasteiger partial charge in [0.05, 0.1) is 12.7 Å². The smallest absolute Gasteiger partial charge is 0.0637 e. The predicted octanol–water partition coefficient (Wildman–Crippen LogP) is 1.68. The van der Waals surface area contributed by atoms with Crippen LogP contribution in [0.25, 0.3) is 0 Å². The van der Waals surface area contributed by atoms with Crippen LogP contribution in [0.4, 0.5) is 0 Å². The second-order valence-corrected chi connectivity index (χ2v) is 5.12. The molecule has 2 spiro atoms. The largest absolute Gasteiger partial charge is 0.376 e. The van der Waals surface area contributed by atoms with Crippen molar-refractivity contribution in [1.82, 2.24) is 0 Å². The monoisotopic (exact) mass is 181 g/mol. The Labute approximate surface area is 79.8 Å². The molecule has 0 heterocycles. The molecule has 0 radical (unpaired) electrons. The number of nitrogens with two attached hydrogens (primary N) is 1. The Balaban J connectivity index is 1.65. The maximum Gasteiger partial charge on any atom is 0.0637 e. The molecule has 2 N–H and O–H groups in total. The number of fused-ring (bicyclic) bond motifs is 1. The first-order chi connectivity index (χ1) is 6.33. The van der Waals surface area contributed by atoms with E-state index in [1.54, 1.807) is 0 Å². The molecule has 0 aliphatic heterocycles. The molecule has 2 nitrogen and oxygen atoms in total. The summed E-state index contributed by atoms with van der Waals surface area (Å²) in [7, 11) is 0. The van der Waals surface area contributed by atoms with Crippen molar-refractivity contribution in [2.75, 3.05) is 13.2 Å². The lowest BCUT2D eigenvalue weighted by molar-refractivity contribution is -0.199. The molecule has 0 unspecified atom stereocenters. The first-order valence-electron chi connectivity index (χ1n) is 5.65. The van der Waals surface area contributed by atoms with Gasteiger partial charge in [-0.3, -0.25) is 0 Å². The Morgan fingerprint density at radius 3 is 2.31 bits per heavy atom. The van der Waals surface area contributed by atoms with Gasteiger partial charge in [0.15, 0.2) is 0 Å². The molecule has 3 aliphatic carbocycles. The first kappa shape index (κ1) is 8.25. The molecule has 0 amide bonds. The van der Waals surface area contributed by atoms with Gasteiger partial charge in [0, 0.05) is 12.0 Å². The van der Waals surface area contributed by atoms with E-state index >= 15 is 0 Å². The number of rotatable bonds is 3. The second-order valence-electron chi connectivity index (χ2n) is 5.12. The third-order valence-corrected chi connectivity index (χ3v) is 4.87. The van der Waals surface area contributed by atoms with Crippen LogP contribution in [0.1, 0.15) is 38.5 Å². The summed E-state index contributed by atoms with van der Waals surface area (Å²) in [6, 6.07) is 0. The zero-order chi connectivity index (χ0) is 8.94. The molecule has 3 saturated carbocycles. The van der Waals surface area contributed by atoms with Crippen LogP contribution >= 0.6 is 0 Å². The fraction of sp³-hybridized carbons (Fsp3) is 1.00. The van der Waals surface area contributed by atoms with Crippen LogP contribution in [-0.2, 0) is 4.74 Å². The summed E-state index contributed by atoms with van der Waals surface area (Å²) in [6.45, 7) is 1.45. The summed E-state index contributed by atoms with van der Waals surface area (Å²) in [4.78, 5) is 0. The predicted molar refractivity (Wildman–Crippen MR) is 51.4 cm³/mol. The topological polar surface area (TPSA) is 35.2 Å². The Bertz CT molecular complexity index is 220. The molecule has 2 atom stereocenters. The lowest BCUT2D eigenvalue weighted by Crippen LogP contribution is -2.58. The summed E-state index contributed by atoms with van der Waals surface area (Å²) >= 11 is 0. The number of hydrogen-bond acceptors (Lipinski definition) is 2. The Morgan fingerprint density at radius 2 is 1.92 bits per heavy atom. The van der Waals surface area contributed by atoms with Gasteiger partial charge >= 0.3 is 0 Å². The van der Waals surface area contributed by atoms with E-state index < -0.39 is 0 Å². The average Bonchev–Trinajstić information content (AvgIpc) is 2.82. The van der Waals surface area contributed by atoms with Gasteiger partial charge < -0.3 is 10.5 Å². The van der Waals surface area contributed by atoms with Crippen LogP contribution in [0.2, 0.25) is 0 Å². The maximum absolute atomic E-state index is 5.84. The van der Waals surface area contributed by atoms with Crippen LogP contribution in [0.3, 0.4) is 0 Å². The van der Waals surface area contributed by atoms with Gasteiger partial charge in [-0.25, -0.2) is 0 Å². The fourth-order valence-electron chi connectivity index (χ4n) is 3.65. The van der Waals surface area contributed by atoms with Crippen molar-refractivity contribution in [1.29, 1.82) is 0 Å². The van der Waals surface area contributed by atoms with E-state index in [4.69, 9.17) is 10.5 Å². The van der Waals surface area contributed by atoms with Crippen molar-refractivity contribution in [3.05, 3.63) is 0 Å². The van der Waals surface area contributed by atoms with Gasteiger partial charge in [-0.1, -0.05) is 0 Å². The van der Waals surface area contributed by atoms with Crippen molar-refractivity contribution in [2.45, 2.75) is 44.6 Å². The third-order valence-electron chi connectivity index (χ3n) is 4.87. The van der Waals surface area contributed by atoms with Gasteiger partial charge in [-0.15, -0.1) is 0 Å². The fourth-order valence-corrected chi connectivity index (χ4v) is 3.65. The quantitative estimate of drug-likeness (QED) is 0.719. The highest BCUT2D eigenvalue weighted by molar-refractivity contribution is 5.21. The zero-order valence-corrected chi connectivity index (χ0v) is 8.22. The number of hydrogen-bond donors (Lipinski definition) is 1. The molecular formula is C11H19NO.